The Balaban J connectivity index is 1.71. The van der Waals surface area contributed by atoms with Crippen LogP contribution < -0.4 is 11.1 Å². The number of carbonyl (C=O) groups is 2. The second-order valence-corrected chi connectivity index (χ2v) is 5.99. The summed E-state index contributed by atoms with van der Waals surface area (Å²) in [6, 6.07) is 12.4. The molecule has 120 valence electrons. The van der Waals surface area contributed by atoms with Crippen LogP contribution in [0.3, 0.4) is 0 Å². The predicted octanol–water partition coefficient (Wildman–Crippen LogP) is 2.02. The highest BCUT2D eigenvalue weighted by Gasteiger charge is 2.36. The maximum absolute atomic E-state index is 12.6. The molecule has 0 unspecified atom stereocenters. The number of benzene rings is 2. The third-order valence-electron chi connectivity index (χ3n) is 4.21. The van der Waals surface area contributed by atoms with E-state index in [0.29, 0.717) is 23.6 Å². The molecule has 0 saturated carbocycles. The van der Waals surface area contributed by atoms with Gasteiger partial charge in [0.05, 0.1) is 23.8 Å². The van der Waals surface area contributed by atoms with E-state index in [1.54, 1.807) is 17.9 Å². The quantitative estimate of drug-likeness (QED) is 0.887. The molecule has 6 heteroatoms. The number of rotatable bonds is 2. The lowest BCUT2D eigenvalue weighted by atomic mass is 10.1. The molecule has 6 nitrogen and oxygen atoms in total. The summed E-state index contributed by atoms with van der Waals surface area (Å²) < 4.78 is 0. The zero-order chi connectivity index (χ0) is 16.8. The summed E-state index contributed by atoms with van der Waals surface area (Å²) in [6.45, 7) is 2.06. The van der Waals surface area contributed by atoms with Gasteiger partial charge in [0.1, 0.15) is 5.84 Å². The van der Waals surface area contributed by atoms with Gasteiger partial charge in [-0.3, -0.25) is 14.5 Å². The summed E-state index contributed by atoms with van der Waals surface area (Å²) in [5.41, 5.74) is 9.46. The molecule has 2 aromatic rings. The Kier molecular flexibility index (Phi) is 3.21. The minimum atomic E-state index is -0.583. The van der Waals surface area contributed by atoms with Gasteiger partial charge in [-0.2, -0.15) is 0 Å². The number of fused-ring (bicyclic) bond motifs is 4. The average Bonchev–Trinajstić information content (AvgIpc) is 2.85. The zero-order valence-corrected chi connectivity index (χ0v) is 13.1. The maximum Gasteiger partial charge on any atom is 0.260 e. The van der Waals surface area contributed by atoms with Crippen molar-refractivity contribution in [2.45, 2.75) is 19.5 Å². The lowest BCUT2D eigenvalue weighted by Crippen LogP contribution is -2.33. The lowest BCUT2D eigenvalue weighted by Gasteiger charge is -2.24. The Bertz CT molecular complexity index is 902. The fraction of sp³-hybridized carbons (Fsp3) is 0.167. The Hall–Kier alpha value is -2.99. The van der Waals surface area contributed by atoms with Crippen LogP contribution >= 0.6 is 0 Å². The molecule has 0 spiro atoms. The Morgan fingerprint density at radius 2 is 2.00 bits per heavy atom. The van der Waals surface area contributed by atoms with E-state index in [2.05, 4.69) is 10.3 Å². The van der Waals surface area contributed by atoms with E-state index in [1.807, 2.05) is 36.4 Å². The molecule has 4 rings (SSSR count). The minimum Gasteiger partial charge on any atom is -0.325 e. The molecule has 3 N–H and O–H groups in total. The first-order chi connectivity index (χ1) is 11.5. The number of nitrogens with zero attached hydrogens (tertiary/aromatic N) is 2. The SMILES string of the molecule is C[C@H](N)C(=O)Nc1ccc2c(c1)CN1C(=O)c3ccccc3C1=N2. The van der Waals surface area contributed by atoms with Crippen molar-refractivity contribution in [2.24, 2.45) is 10.7 Å². The first-order valence-corrected chi connectivity index (χ1v) is 7.74. The van der Waals surface area contributed by atoms with E-state index < -0.39 is 6.04 Å². The van der Waals surface area contributed by atoms with Crippen LogP contribution in [0, 0.1) is 0 Å². The van der Waals surface area contributed by atoms with Gasteiger partial charge in [0.25, 0.3) is 5.91 Å². The third kappa shape index (κ3) is 2.19. The standard InChI is InChI=1S/C18H16N4O2/c1-10(19)17(23)20-12-6-7-15-11(8-12)9-22-16(21-15)13-4-2-3-5-14(13)18(22)24/h2-8,10H,9,19H2,1H3,(H,20,23)/t10-/m0/s1. The summed E-state index contributed by atoms with van der Waals surface area (Å²) in [7, 11) is 0. The van der Waals surface area contributed by atoms with Crippen LogP contribution in [0.5, 0.6) is 0 Å². The second-order valence-electron chi connectivity index (χ2n) is 5.99. The number of nitrogens with one attached hydrogen (secondary N) is 1. The predicted molar refractivity (Wildman–Crippen MR) is 91.2 cm³/mol. The van der Waals surface area contributed by atoms with E-state index in [9.17, 15) is 9.59 Å². The van der Waals surface area contributed by atoms with Gasteiger partial charge in [-0.1, -0.05) is 18.2 Å². The van der Waals surface area contributed by atoms with Gasteiger partial charge in [-0.25, -0.2) is 4.99 Å². The smallest absolute Gasteiger partial charge is 0.260 e. The number of anilines is 1. The van der Waals surface area contributed by atoms with E-state index in [1.165, 1.54) is 0 Å². The van der Waals surface area contributed by atoms with E-state index in [-0.39, 0.29) is 11.8 Å². The van der Waals surface area contributed by atoms with Crippen LogP contribution in [0.15, 0.2) is 47.5 Å². The molecule has 1 atom stereocenters. The molecular formula is C18H16N4O2. The lowest BCUT2D eigenvalue weighted by molar-refractivity contribution is -0.117. The third-order valence-corrected chi connectivity index (χ3v) is 4.21. The second kappa shape index (κ2) is 5.28. The Morgan fingerprint density at radius 1 is 1.25 bits per heavy atom. The van der Waals surface area contributed by atoms with E-state index in [4.69, 9.17) is 5.73 Å². The number of amidine groups is 1. The summed E-state index contributed by atoms with van der Waals surface area (Å²) >= 11 is 0. The van der Waals surface area contributed by atoms with Crippen LogP contribution in [0.2, 0.25) is 0 Å². The van der Waals surface area contributed by atoms with Crippen LogP contribution in [-0.4, -0.2) is 28.6 Å². The summed E-state index contributed by atoms with van der Waals surface area (Å²) in [5, 5.41) is 2.76. The molecule has 2 heterocycles. The van der Waals surface area contributed by atoms with Gasteiger partial charge in [-0.05, 0) is 36.8 Å². The molecule has 2 aliphatic rings. The summed E-state index contributed by atoms with van der Waals surface area (Å²) in [6.07, 6.45) is 0. The molecule has 0 saturated heterocycles. The van der Waals surface area contributed by atoms with Crippen molar-refractivity contribution in [3.63, 3.8) is 0 Å². The summed E-state index contributed by atoms with van der Waals surface area (Å²) in [4.78, 5) is 30.6. The van der Waals surface area contributed by atoms with Crippen LogP contribution in [0.4, 0.5) is 11.4 Å². The van der Waals surface area contributed by atoms with Crippen LogP contribution in [0.25, 0.3) is 0 Å². The van der Waals surface area contributed by atoms with Crippen molar-refractivity contribution < 1.29 is 9.59 Å². The number of amides is 2. The number of hydrogen-bond donors (Lipinski definition) is 2. The Labute approximate surface area is 139 Å². The van der Waals surface area contributed by atoms with Gasteiger partial charge < -0.3 is 11.1 Å². The van der Waals surface area contributed by atoms with Crippen molar-refractivity contribution in [1.82, 2.24) is 4.90 Å². The van der Waals surface area contributed by atoms with Gasteiger partial charge in [0.2, 0.25) is 5.91 Å². The number of carbonyl (C=O) groups excluding carboxylic acids is 2. The molecule has 0 aromatic heterocycles. The molecule has 24 heavy (non-hydrogen) atoms. The molecule has 0 aliphatic carbocycles. The molecule has 2 aliphatic heterocycles. The monoisotopic (exact) mass is 320 g/mol. The van der Waals surface area contributed by atoms with Crippen LogP contribution in [-0.2, 0) is 11.3 Å². The fourth-order valence-electron chi connectivity index (χ4n) is 2.96. The van der Waals surface area contributed by atoms with Crippen LogP contribution in [0.1, 0.15) is 28.4 Å². The van der Waals surface area contributed by atoms with Gasteiger partial charge >= 0.3 is 0 Å². The average molecular weight is 320 g/mol. The number of nitrogens with two attached hydrogens (primary N) is 1. The van der Waals surface area contributed by atoms with Crippen molar-refractivity contribution in [2.75, 3.05) is 5.32 Å². The first kappa shape index (κ1) is 14.6. The molecule has 0 bridgehead atoms. The Morgan fingerprint density at radius 3 is 2.75 bits per heavy atom. The van der Waals surface area contributed by atoms with Gasteiger partial charge in [-0.15, -0.1) is 0 Å². The largest absolute Gasteiger partial charge is 0.325 e. The highest BCUT2D eigenvalue weighted by Crippen LogP contribution is 2.35. The van der Waals surface area contributed by atoms with Gasteiger partial charge in [0.15, 0.2) is 0 Å². The number of aliphatic imine (C=N–C) groups is 1. The maximum atomic E-state index is 12.6. The van der Waals surface area contributed by atoms with Crippen molar-refractivity contribution in [3.05, 3.63) is 59.2 Å². The van der Waals surface area contributed by atoms with E-state index in [0.717, 1.165) is 16.8 Å². The minimum absolute atomic E-state index is 0.0416. The number of hydrogen-bond acceptors (Lipinski definition) is 4. The van der Waals surface area contributed by atoms with Gasteiger partial charge in [0, 0.05) is 11.3 Å². The zero-order valence-electron chi connectivity index (χ0n) is 13.1. The molecule has 2 aromatic carbocycles. The summed E-state index contributed by atoms with van der Waals surface area (Å²) in [5.74, 6) is 0.398. The highest BCUT2D eigenvalue weighted by atomic mass is 16.2. The molecular weight excluding hydrogens is 304 g/mol. The fourth-order valence-corrected chi connectivity index (χ4v) is 2.96. The van der Waals surface area contributed by atoms with E-state index >= 15 is 0 Å². The van der Waals surface area contributed by atoms with Crippen molar-refractivity contribution >= 4 is 29.0 Å². The molecule has 0 fully saturated rings. The topological polar surface area (TPSA) is 87.8 Å². The molecule has 2 amide bonds. The normalized spacial score (nSPS) is 16.0. The van der Waals surface area contributed by atoms with Crippen molar-refractivity contribution in [1.29, 1.82) is 0 Å². The molecule has 0 radical (unpaired) electrons. The highest BCUT2D eigenvalue weighted by molar-refractivity contribution is 6.24. The first-order valence-electron chi connectivity index (χ1n) is 7.74. The van der Waals surface area contributed by atoms with Crippen molar-refractivity contribution in [3.8, 4) is 0 Å².